The molecule has 1 heterocycles. The number of rotatable bonds is 6. The molecule has 1 aromatic carbocycles. The first-order valence-electron chi connectivity index (χ1n) is 6.61. The maximum Gasteiger partial charge on any atom is 0.231 e. The van der Waals surface area contributed by atoms with E-state index in [0.29, 0.717) is 18.6 Å². The number of hydrogen-bond donors (Lipinski definition) is 1. The summed E-state index contributed by atoms with van der Waals surface area (Å²) >= 11 is 0. The highest BCUT2D eigenvalue weighted by atomic mass is 16.5. The number of aryl methyl sites for hydroxylation is 1. The molecule has 0 spiro atoms. The Bertz CT molecular complexity index is 649. The quantitative estimate of drug-likeness (QED) is 0.291. The monoisotopic (exact) mass is 297 g/mol. The van der Waals surface area contributed by atoms with Gasteiger partial charge < -0.3 is 14.7 Å². The third-order valence-electron chi connectivity index (χ3n) is 2.76. The van der Waals surface area contributed by atoms with Crippen LogP contribution in [0.2, 0.25) is 0 Å². The number of hydrogen-bond acceptors (Lipinski definition) is 6. The molecule has 0 aliphatic rings. The number of aromatic nitrogens is 2. The molecule has 0 saturated carbocycles. The van der Waals surface area contributed by atoms with Gasteiger partial charge in [0.05, 0.1) is 12.4 Å². The molecule has 1 aromatic heterocycles. The predicted molar refractivity (Wildman–Crippen MR) is 81.0 cm³/mol. The molecule has 112 valence electrons. The minimum Gasteiger partial charge on any atom is -0.481 e. The minimum absolute atomic E-state index is 0.197. The van der Waals surface area contributed by atoms with Crippen molar-refractivity contribution in [3.8, 4) is 23.8 Å². The summed E-state index contributed by atoms with van der Waals surface area (Å²) < 4.78 is 10.7. The number of terminal acetylenes is 1. The molecule has 2 rings (SSSR count). The van der Waals surface area contributed by atoms with Crippen molar-refractivity contribution in [1.82, 2.24) is 9.97 Å². The lowest BCUT2D eigenvalue weighted by Gasteiger charge is -2.07. The molecule has 0 aliphatic heterocycles. The fourth-order valence-electron chi connectivity index (χ4n) is 1.72. The van der Waals surface area contributed by atoms with E-state index in [1.807, 2.05) is 24.3 Å². The van der Waals surface area contributed by atoms with Gasteiger partial charge in [-0.05, 0) is 24.1 Å². The van der Waals surface area contributed by atoms with E-state index in [9.17, 15) is 0 Å². The van der Waals surface area contributed by atoms with Crippen LogP contribution in [0.15, 0.2) is 48.1 Å². The molecule has 0 bridgehead atoms. The molecule has 0 radical (unpaired) electrons. The normalized spacial score (nSPS) is 10.8. The van der Waals surface area contributed by atoms with Crippen LogP contribution in [0.1, 0.15) is 12.0 Å². The Balaban J connectivity index is 1.87. The van der Waals surface area contributed by atoms with Crippen molar-refractivity contribution < 1.29 is 14.7 Å². The SMILES string of the molecule is C#CCOc1ccc(CC/C(=N\O)Oc2cncnc2)cc1. The van der Waals surface area contributed by atoms with Gasteiger partial charge in [-0.3, -0.25) is 0 Å². The molecule has 0 unspecified atom stereocenters. The fraction of sp³-hybridized carbons (Fsp3) is 0.188. The average Bonchev–Trinajstić information content (AvgIpc) is 2.58. The highest BCUT2D eigenvalue weighted by molar-refractivity contribution is 5.78. The lowest BCUT2D eigenvalue weighted by Crippen LogP contribution is -2.10. The second kappa shape index (κ2) is 8.27. The molecule has 1 N–H and O–H groups in total. The summed E-state index contributed by atoms with van der Waals surface area (Å²) in [5.74, 6) is 3.75. The van der Waals surface area contributed by atoms with E-state index in [1.165, 1.54) is 18.7 Å². The molecule has 6 heteroatoms. The van der Waals surface area contributed by atoms with Crippen molar-refractivity contribution in [3.05, 3.63) is 48.5 Å². The molecular formula is C16H15N3O3. The molecule has 0 aliphatic carbocycles. The fourth-order valence-corrected chi connectivity index (χ4v) is 1.72. The van der Waals surface area contributed by atoms with E-state index in [0.717, 1.165) is 11.3 Å². The Morgan fingerprint density at radius 3 is 2.55 bits per heavy atom. The minimum atomic E-state index is 0.197. The smallest absolute Gasteiger partial charge is 0.231 e. The van der Waals surface area contributed by atoms with Crippen LogP contribution >= 0.6 is 0 Å². The van der Waals surface area contributed by atoms with Crippen LogP contribution in [0.25, 0.3) is 0 Å². The number of ether oxygens (including phenoxy) is 2. The zero-order chi connectivity index (χ0) is 15.6. The Labute approximate surface area is 128 Å². The van der Waals surface area contributed by atoms with Gasteiger partial charge in [0.2, 0.25) is 5.90 Å². The van der Waals surface area contributed by atoms with E-state index in [-0.39, 0.29) is 12.5 Å². The van der Waals surface area contributed by atoms with Crippen molar-refractivity contribution in [2.75, 3.05) is 6.61 Å². The zero-order valence-electron chi connectivity index (χ0n) is 11.8. The largest absolute Gasteiger partial charge is 0.481 e. The predicted octanol–water partition coefficient (Wildman–Crippen LogP) is 2.29. The summed E-state index contributed by atoms with van der Waals surface area (Å²) in [6, 6.07) is 7.53. The van der Waals surface area contributed by atoms with Gasteiger partial charge >= 0.3 is 0 Å². The Morgan fingerprint density at radius 2 is 1.91 bits per heavy atom. The molecular weight excluding hydrogens is 282 g/mol. The van der Waals surface area contributed by atoms with E-state index in [1.54, 1.807) is 0 Å². The molecule has 6 nitrogen and oxygen atoms in total. The van der Waals surface area contributed by atoms with Crippen LogP contribution in [-0.4, -0.2) is 27.7 Å². The topological polar surface area (TPSA) is 76.8 Å². The van der Waals surface area contributed by atoms with Gasteiger partial charge in [-0.25, -0.2) is 9.97 Å². The van der Waals surface area contributed by atoms with Gasteiger partial charge in [0.15, 0.2) is 5.75 Å². The van der Waals surface area contributed by atoms with E-state index < -0.39 is 0 Å². The second-order valence-corrected chi connectivity index (χ2v) is 4.31. The third kappa shape index (κ3) is 4.80. The standard InChI is InChI=1S/C16H15N3O3/c1-2-9-21-14-6-3-13(4-7-14)5-8-16(19-20)22-15-10-17-12-18-11-15/h1,3-4,6-7,10-12,20H,5,8-9H2/b19-16+. The second-order valence-electron chi connectivity index (χ2n) is 4.31. The van der Waals surface area contributed by atoms with Crippen LogP contribution in [-0.2, 0) is 6.42 Å². The highest BCUT2D eigenvalue weighted by Crippen LogP contribution is 2.14. The number of nitrogens with zero attached hydrogens (tertiary/aromatic N) is 3. The summed E-state index contributed by atoms with van der Waals surface area (Å²) in [7, 11) is 0. The van der Waals surface area contributed by atoms with Crippen LogP contribution in [0.4, 0.5) is 0 Å². The Morgan fingerprint density at radius 1 is 1.18 bits per heavy atom. The molecule has 2 aromatic rings. The van der Waals surface area contributed by atoms with E-state index >= 15 is 0 Å². The van der Waals surface area contributed by atoms with Crippen molar-refractivity contribution in [2.24, 2.45) is 5.16 Å². The first-order valence-corrected chi connectivity index (χ1v) is 6.61. The average molecular weight is 297 g/mol. The van der Waals surface area contributed by atoms with Crippen LogP contribution < -0.4 is 9.47 Å². The molecule has 0 amide bonds. The first-order chi connectivity index (χ1) is 10.8. The van der Waals surface area contributed by atoms with E-state index in [4.69, 9.17) is 21.1 Å². The summed E-state index contributed by atoms with van der Waals surface area (Å²) in [6.07, 6.45) is 10.6. The molecule has 22 heavy (non-hydrogen) atoms. The summed E-state index contributed by atoms with van der Waals surface area (Å²) in [4.78, 5) is 7.65. The lowest BCUT2D eigenvalue weighted by molar-refractivity contribution is 0.300. The Hall–Kier alpha value is -3.07. The van der Waals surface area contributed by atoms with E-state index in [2.05, 4.69) is 21.0 Å². The lowest BCUT2D eigenvalue weighted by atomic mass is 10.1. The molecule has 0 fully saturated rings. The van der Waals surface area contributed by atoms with Gasteiger partial charge in [0.1, 0.15) is 18.7 Å². The van der Waals surface area contributed by atoms with Crippen molar-refractivity contribution in [3.63, 3.8) is 0 Å². The number of oxime groups is 1. The van der Waals surface area contributed by atoms with Gasteiger partial charge in [0, 0.05) is 6.42 Å². The third-order valence-corrected chi connectivity index (χ3v) is 2.76. The summed E-state index contributed by atoms with van der Waals surface area (Å²) in [5.41, 5.74) is 1.06. The van der Waals surface area contributed by atoms with Gasteiger partial charge in [0.25, 0.3) is 0 Å². The van der Waals surface area contributed by atoms with Gasteiger partial charge in [-0.2, -0.15) is 0 Å². The Kier molecular flexibility index (Phi) is 5.76. The van der Waals surface area contributed by atoms with Crippen LogP contribution in [0, 0.1) is 12.3 Å². The number of benzene rings is 1. The maximum absolute atomic E-state index is 8.99. The first kappa shape index (κ1) is 15.3. The van der Waals surface area contributed by atoms with Gasteiger partial charge in [-0.15, -0.1) is 6.42 Å². The van der Waals surface area contributed by atoms with Crippen LogP contribution in [0.5, 0.6) is 11.5 Å². The van der Waals surface area contributed by atoms with Crippen molar-refractivity contribution in [1.29, 1.82) is 0 Å². The molecule has 0 saturated heterocycles. The maximum atomic E-state index is 8.99. The highest BCUT2D eigenvalue weighted by Gasteiger charge is 2.05. The van der Waals surface area contributed by atoms with Crippen LogP contribution in [0.3, 0.4) is 0 Å². The van der Waals surface area contributed by atoms with Crippen molar-refractivity contribution >= 4 is 5.90 Å². The zero-order valence-corrected chi connectivity index (χ0v) is 11.8. The van der Waals surface area contributed by atoms with Gasteiger partial charge in [-0.1, -0.05) is 23.2 Å². The summed E-state index contributed by atoms with van der Waals surface area (Å²) in [5, 5.41) is 12.1. The summed E-state index contributed by atoms with van der Waals surface area (Å²) in [6.45, 7) is 0.244. The molecule has 0 atom stereocenters. The van der Waals surface area contributed by atoms with Crippen molar-refractivity contribution in [2.45, 2.75) is 12.8 Å².